The van der Waals surface area contributed by atoms with Crippen LogP contribution < -0.4 is 14.8 Å². The number of fused-ring (bicyclic) bond motifs is 1. The van der Waals surface area contributed by atoms with E-state index in [1.54, 1.807) is 18.2 Å². The maximum atomic E-state index is 11.4. The molecule has 0 radical (unpaired) electrons. The summed E-state index contributed by atoms with van der Waals surface area (Å²) in [5.41, 5.74) is 0.756. The summed E-state index contributed by atoms with van der Waals surface area (Å²) in [6, 6.07) is 3.46. The molecule has 5 nitrogen and oxygen atoms in total. The number of benzene rings is 1. The van der Waals surface area contributed by atoms with Crippen molar-refractivity contribution in [2.24, 2.45) is 0 Å². The van der Waals surface area contributed by atoms with Crippen LogP contribution in [0.1, 0.15) is 12.0 Å². The number of carbonyl (C=O) groups is 1. The molecule has 2 N–H and O–H groups in total. The van der Waals surface area contributed by atoms with Gasteiger partial charge in [0.15, 0.2) is 11.5 Å². The minimum absolute atomic E-state index is 0.0573. The van der Waals surface area contributed by atoms with Gasteiger partial charge in [0.1, 0.15) is 0 Å². The van der Waals surface area contributed by atoms with Crippen molar-refractivity contribution < 1.29 is 19.4 Å². The second-order valence-corrected chi connectivity index (χ2v) is 4.35. The Morgan fingerprint density at radius 2 is 2.32 bits per heavy atom. The number of nitrogens with one attached hydrogen (secondary N) is 1. The van der Waals surface area contributed by atoms with Crippen LogP contribution in [0.4, 0.5) is 0 Å². The van der Waals surface area contributed by atoms with Gasteiger partial charge in [-0.2, -0.15) is 0 Å². The highest BCUT2D eigenvalue weighted by atomic mass is 35.5. The molecule has 6 heteroatoms. The van der Waals surface area contributed by atoms with Crippen LogP contribution in [0, 0.1) is 0 Å². The molecule has 0 aliphatic carbocycles. The van der Waals surface area contributed by atoms with Gasteiger partial charge >= 0.3 is 0 Å². The summed E-state index contributed by atoms with van der Waals surface area (Å²) >= 11 is 6.03. The second kappa shape index (κ2) is 6.45. The van der Waals surface area contributed by atoms with Crippen LogP contribution in [0.2, 0.25) is 5.02 Å². The molecule has 0 saturated carbocycles. The molecule has 1 aromatic carbocycles. The lowest BCUT2D eigenvalue weighted by Crippen LogP contribution is -2.22. The van der Waals surface area contributed by atoms with Gasteiger partial charge in [0.05, 0.1) is 5.02 Å². The minimum atomic E-state index is -0.220. The van der Waals surface area contributed by atoms with Gasteiger partial charge in [-0.3, -0.25) is 4.79 Å². The third-order valence-corrected chi connectivity index (χ3v) is 2.79. The third kappa shape index (κ3) is 3.62. The van der Waals surface area contributed by atoms with E-state index in [2.05, 4.69) is 5.32 Å². The highest BCUT2D eigenvalue weighted by molar-refractivity contribution is 6.32. The van der Waals surface area contributed by atoms with E-state index >= 15 is 0 Å². The molecule has 1 heterocycles. The van der Waals surface area contributed by atoms with Crippen LogP contribution in [0.25, 0.3) is 6.08 Å². The zero-order valence-corrected chi connectivity index (χ0v) is 10.9. The third-order valence-electron chi connectivity index (χ3n) is 2.51. The highest BCUT2D eigenvalue weighted by Crippen LogP contribution is 2.39. The molecule has 19 heavy (non-hydrogen) atoms. The molecule has 0 saturated heterocycles. The minimum Gasteiger partial charge on any atom is -0.454 e. The highest BCUT2D eigenvalue weighted by Gasteiger charge is 2.17. The van der Waals surface area contributed by atoms with Crippen molar-refractivity contribution in [2.75, 3.05) is 19.9 Å². The number of hydrogen-bond donors (Lipinski definition) is 2. The van der Waals surface area contributed by atoms with Gasteiger partial charge in [-0.1, -0.05) is 11.6 Å². The number of aliphatic hydroxyl groups excluding tert-OH is 1. The van der Waals surface area contributed by atoms with Gasteiger partial charge in [-0.25, -0.2) is 0 Å². The number of rotatable bonds is 5. The summed E-state index contributed by atoms with van der Waals surface area (Å²) < 4.78 is 10.4. The lowest BCUT2D eigenvalue weighted by atomic mass is 10.2. The molecule has 0 aromatic heterocycles. The number of ether oxygens (including phenoxy) is 2. The molecule has 0 spiro atoms. The number of carbonyl (C=O) groups excluding carboxylic acids is 1. The summed E-state index contributed by atoms with van der Waals surface area (Å²) in [6.45, 7) is 0.660. The Kier molecular flexibility index (Phi) is 4.65. The molecule has 0 bridgehead atoms. The fourth-order valence-corrected chi connectivity index (χ4v) is 1.88. The molecule has 1 amide bonds. The first-order valence-corrected chi connectivity index (χ1v) is 6.24. The van der Waals surface area contributed by atoms with Crippen LogP contribution in [0.5, 0.6) is 11.5 Å². The first-order chi connectivity index (χ1) is 9.20. The van der Waals surface area contributed by atoms with E-state index in [9.17, 15) is 4.79 Å². The SMILES string of the molecule is O=C(/C=C/c1cc(Cl)c2c(c1)OCO2)NCCCO. The first-order valence-electron chi connectivity index (χ1n) is 5.86. The maximum Gasteiger partial charge on any atom is 0.244 e. The van der Waals surface area contributed by atoms with Crippen LogP contribution in [-0.2, 0) is 4.79 Å². The smallest absolute Gasteiger partial charge is 0.244 e. The molecular weight excluding hydrogens is 270 g/mol. The van der Waals surface area contributed by atoms with Crippen LogP contribution in [-0.4, -0.2) is 31.0 Å². The normalized spacial score (nSPS) is 12.9. The van der Waals surface area contributed by atoms with Gasteiger partial charge in [-0.05, 0) is 30.2 Å². The Labute approximate surface area is 115 Å². The largest absolute Gasteiger partial charge is 0.454 e. The quantitative estimate of drug-likeness (QED) is 0.636. The standard InChI is InChI=1S/C13H14ClNO4/c14-10-6-9(7-11-13(10)19-8-18-11)2-3-12(17)15-4-1-5-16/h2-3,6-7,16H,1,4-5,8H2,(H,15,17)/b3-2+. The Hall–Kier alpha value is -1.72. The molecule has 0 fully saturated rings. The van der Waals surface area contributed by atoms with E-state index in [4.69, 9.17) is 26.2 Å². The van der Waals surface area contributed by atoms with E-state index in [0.717, 1.165) is 5.56 Å². The van der Waals surface area contributed by atoms with Crippen LogP contribution >= 0.6 is 11.6 Å². The predicted molar refractivity (Wildman–Crippen MR) is 71.3 cm³/mol. The van der Waals surface area contributed by atoms with E-state index in [0.29, 0.717) is 29.5 Å². The number of hydrogen-bond acceptors (Lipinski definition) is 4. The second-order valence-electron chi connectivity index (χ2n) is 3.94. The molecule has 0 unspecified atom stereocenters. The summed E-state index contributed by atoms with van der Waals surface area (Å²) in [7, 11) is 0. The van der Waals surface area contributed by atoms with Gasteiger partial charge in [-0.15, -0.1) is 0 Å². The van der Waals surface area contributed by atoms with Gasteiger partial charge in [0, 0.05) is 19.2 Å². The van der Waals surface area contributed by atoms with Crippen molar-refractivity contribution in [3.05, 3.63) is 28.8 Å². The lowest BCUT2D eigenvalue weighted by molar-refractivity contribution is -0.116. The molecule has 102 valence electrons. The average Bonchev–Trinajstić information content (AvgIpc) is 2.85. The number of aliphatic hydroxyl groups is 1. The fourth-order valence-electron chi connectivity index (χ4n) is 1.61. The lowest BCUT2D eigenvalue weighted by Gasteiger charge is -2.02. The molecule has 1 aromatic rings. The van der Waals surface area contributed by atoms with E-state index in [1.165, 1.54) is 6.08 Å². The van der Waals surface area contributed by atoms with Crippen molar-refractivity contribution in [3.63, 3.8) is 0 Å². The summed E-state index contributed by atoms with van der Waals surface area (Å²) in [5.74, 6) is 0.890. The van der Waals surface area contributed by atoms with Crippen molar-refractivity contribution in [2.45, 2.75) is 6.42 Å². The van der Waals surface area contributed by atoms with Crippen molar-refractivity contribution >= 4 is 23.6 Å². The van der Waals surface area contributed by atoms with Crippen molar-refractivity contribution in [1.29, 1.82) is 0 Å². The van der Waals surface area contributed by atoms with Crippen molar-refractivity contribution in [3.8, 4) is 11.5 Å². The van der Waals surface area contributed by atoms with E-state index < -0.39 is 0 Å². The summed E-state index contributed by atoms with van der Waals surface area (Å²) in [5, 5.41) is 11.7. The Balaban J connectivity index is 1.99. The Morgan fingerprint density at radius 1 is 1.47 bits per heavy atom. The Bertz CT molecular complexity index is 502. The van der Waals surface area contributed by atoms with E-state index in [-0.39, 0.29) is 19.3 Å². The fraction of sp³-hybridized carbons (Fsp3) is 0.308. The average molecular weight is 284 g/mol. The molecule has 1 aliphatic heterocycles. The zero-order chi connectivity index (χ0) is 13.7. The first kappa shape index (κ1) is 13.7. The van der Waals surface area contributed by atoms with E-state index in [1.807, 2.05) is 0 Å². The van der Waals surface area contributed by atoms with Crippen molar-refractivity contribution in [1.82, 2.24) is 5.32 Å². The Morgan fingerprint density at radius 3 is 3.11 bits per heavy atom. The molecular formula is C13H14ClNO4. The van der Waals surface area contributed by atoms with Gasteiger partial charge in [0.25, 0.3) is 0 Å². The number of amides is 1. The van der Waals surface area contributed by atoms with Gasteiger partial charge in [0.2, 0.25) is 12.7 Å². The number of halogens is 1. The molecule has 1 aliphatic rings. The zero-order valence-electron chi connectivity index (χ0n) is 10.2. The van der Waals surface area contributed by atoms with Crippen LogP contribution in [0.15, 0.2) is 18.2 Å². The van der Waals surface area contributed by atoms with Crippen LogP contribution in [0.3, 0.4) is 0 Å². The molecule has 0 atom stereocenters. The monoisotopic (exact) mass is 283 g/mol. The predicted octanol–water partition coefficient (Wildman–Crippen LogP) is 1.58. The summed E-state index contributed by atoms with van der Waals surface area (Å²) in [6.07, 6.45) is 3.59. The molecule has 2 rings (SSSR count). The maximum absolute atomic E-state index is 11.4. The van der Waals surface area contributed by atoms with Gasteiger partial charge < -0.3 is 19.9 Å². The summed E-state index contributed by atoms with van der Waals surface area (Å²) in [4.78, 5) is 11.4. The topological polar surface area (TPSA) is 67.8 Å².